The number of hydrogen-bond donors (Lipinski definition) is 3. The van der Waals surface area contributed by atoms with E-state index in [0.29, 0.717) is 5.69 Å². The fraction of sp³-hybridized carbons (Fsp3) is 0.312. The van der Waals surface area contributed by atoms with Gasteiger partial charge in [-0.3, -0.25) is 19.0 Å². The lowest BCUT2D eigenvalue weighted by atomic mass is 10.1. The van der Waals surface area contributed by atoms with E-state index in [0.717, 1.165) is 0 Å². The maximum atomic E-state index is 12.6. The van der Waals surface area contributed by atoms with Gasteiger partial charge in [-0.1, -0.05) is 4.68 Å². The van der Waals surface area contributed by atoms with Crippen molar-refractivity contribution in [2.45, 2.75) is 23.9 Å². The molecule has 1 aliphatic heterocycles. The molecule has 0 aliphatic carbocycles. The van der Waals surface area contributed by atoms with E-state index in [9.17, 15) is 22.8 Å². The molecule has 1 fully saturated rings. The van der Waals surface area contributed by atoms with Gasteiger partial charge in [0, 0.05) is 12.7 Å². The fourth-order valence-electron chi connectivity index (χ4n) is 2.96. The molecule has 14 heteroatoms. The summed E-state index contributed by atoms with van der Waals surface area (Å²) in [6, 6.07) is 4.36. The predicted octanol–water partition coefficient (Wildman–Crippen LogP) is -1.60. The smallest absolute Gasteiger partial charge is 0.326 e. The molecule has 2 aromatic rings. The van der Waals surface area contributed by atoms with Crippen molar-refractivity contribution in [1.82, 2.24) is 15.1 Å². The molecule has 30 heavy (non-hydrogen) atoms. The van der Waals surface area contributed by atoms with Crippen LogP contribution in [0.15, 0.2) is 38.5 Å². The van der Waals surface area contributed by atoms with Crippen molar-refractivity contribution in [3.63, 3.8) is 0 Å². The van der Waals surface area contributed by atoms with E-state index in [1.165, 1.54) is 45.8 Å². The SMILES string of the molecule is CN1C(=O)C(CC(=O)Nc2ccc(S(N)(=O)=O)cc2)N(Cc2c(=O)o[nH][n+]2C)C1=S. The molecule has 12 nitrogen and oxygen atoms in total. The number of carbonyl (C=O) groups is 2. The Kier molecular flexibility index (Phi) is 5.74. The number of anilines is 1. The van der Waals surface area contributed by atoms with Crippen LogP contribution in [0.1, 0.15) is 12.1 Å². The minimum atomic E-state index is -3.85. The lowest BCUT2D eigenvalue weighted by Crippen LogP contribution is -2.44. The summed E-state index contributed by atoms with van der Waals surface area (Å²) >= 11 is 5.29. The van der Waals surface area contributed by atoms with Crippen molar-refractivity contribution in [3.8, 4) is 0 Å². The number of carbonyl (C=O) groups excluding carboxylic acids is 2. The van der Waals surface area contributed by atoms with Crippen molar-refractivity contribution in [2.75, 3.05) is 12.4 Å². The highest BCUT2D eigenvalue weighted by atomic mass is 32.2. The van der Waals surface area contributed by atoms with Crippen LogP contribution in [0.2, 0.25) is 0 Å². The number of benzene rings is 1. The summed E-state index contributed by atoms with van der Waals surface area (Å²) in [4.78, 5) is 39.6. The minimum Gasteiger partial charge on any atom is -0.326 e. The van der Waals surface area contributed by atoms with Gasteiger partial charge in [-0.15, -0.1) is 0 Å². The van der Waals surface area contributed by atoms with Gasteiger partial charge in [0.15, 0.2) is 12.2 Å². The van der Waals surface area contributed by atoms with Crippen LogP contribution in [0.3, 0.4) is 0 Å². The van der Waals surface area contributed by atoms with E-state index in [2.05, 4.69) is 10.6 Å². The number of thiocarbonyl (C=S) groups is 1. The number of likely N-dealkylation sites (N-methyl/N-ethyl adjacent to an activating group) is 1. The molecule has 1 aliphatic rings. The molecule has 2 amide bonds. The monoisotopic (exact) mass is 455 g/mol. The third kappa shape index (κ3) is 4.24. The van der Waals surface area contributed by atoms with Crippen LogP contribution >= 0.6 is 12.2 Å². The Hall–Kier alpha value is -3.10. The summed E-state index contributed by atoms with van der Waals surface area (Å²) in [5, 5.41) is 10.2. The summed E-state index contributed by atoms with van der Waals surface area (Å²) in [7, 11) is -0.793. The average molecular weight is 455 g/mol. The van der Waals surface area contributed by atoms with Crippen LogP contribution in [-0.2, 0) is 33.2 Å². The summed E-state index contributed by atoms with van der Waals surface area (Å²) in [6.07, 6.45) is -0.236. The first-order chi connectivity index (χ1) is 14.0. The molecule has 1 aromatic carbocycles. The van der Waals surface area contributed by atoms with Gasteiger partial charge in [0.2, 0.25) is 15.9 Å². The highest BCUT2D eigenvalue weighted by molar-refractivity contribution is 7.89. The van der Waals surface area contributed by atoms with Gasteiger partial charge in [0.05, 0.1) is 11.3 Å². The second-order valence-corrected chi connectivity index (χ2v) is 8.56. The molecular formula is C16H19N6O6S2+. The molecule has 1 atom stereocenters. The third-order valence-electron chi connectivity index (χ3n) is 4.61. The molecule has 0 saturated carbocycles. The van der Waals surface area contributed by atoms with Gasteiger partial charge in [-0.2, -0.15) is 0 Å². The van der Waals surface area contributed by atoms with Crippen molar-refractivity contribution in [3.05, 3.63) is 40.4 Å². The van der Waals surface area contributed by atoms with Crippen LogP contribution in [0, 0.1) is 0 Å². The summed E-state index contributed by atoms with van der Waals surface area (Å²) < 4.78 is 28.7. The topological polar surface area (TPSA) is 163 Å². The standard InChI is InChI=1S/C16H18N6O6S2/c1-20-14(24)11(22(16(20)29)8-12-15(25)28-19-21(12)2)7-13(23)18-9-3-5-10(6-4-9)30(17,26)27/h3-6,11H,7-8H2,1-2H3,(H3-,17,18,19,23,25,26,27)/p+1. The number of nitrogens with one attached hydrogen (secondary N) is 2. The van der Waals surface area contributed by atoms with Crippen molar-refractivity contribution < 1.29 is 27.2 Å². The molecule has 1 aromatic heterocycles. The third-order valence-corrected chi connectivity index (χ3v) is 6.04. The normalized spacial score (nSPS) is 17.0. The highest BCUT2D eigenvalue weighted by Crippen LogP contribution is 2.22. The number of sulfonamides is 1. The quantitative estimate of drug-likeness (QED) is 0.346. The van der Waals surface area contributed by atoms with Crippen LogP contribution in [0.5, 0.6) is 0 Å². The predicted molar refractivity (Wildman–Crippen MR) is 106 cm³/mol. The zero-order valence-corrected chi connectivity index (χ0v) is 17.6. The average Bonchev–Trinajstić information content (AvgIpc) is 3.09. The Morgan fingerprint density at radius 1 is 1.33 bits per heavy atom. The Morgan fingerprint density at radius 2 is 1.97 bits per heavy atom. The van der Waals surface area contributed by atoms with Crippen molar-refractivity contribution >= 4 is 44.9 Å². The molecule has 2 heterocycles. The number of amides is 2. The summed E-state index contributed by atoms with van der Waals surface area (Å²) in [5.74, 6) is -0.882. The number of H-pyrrole nitrogens is 1. The molecule has 0 radical (unpaired) electrons. The molecular weight excluding hydrogens is 436 g/mol. The van der Waals surface area contributed by atoms with Gasteiger partial charge in [-0.25, -0.2) is 18.4 Å². The van der Waals surface area contributed by atoms with Gasteiger partial charge in [-0.05, 0) is 41.8 Å². The Morgan fingerprint density at radius 3 is 2.50 bits per heavy atom. The van der Waals surface area contributed by atoms with Crippen molar-refractivity contribution in [1.29, 1.82) is 0 Å². The summed E-state index contributed by atoms with van der Waals surface area (Å²) in [6.45, 7) is -0.0295. The molecule has 0 bridgehead atoms. The Labute approximate surface area is 176 Å². The molecule has 4 N–H and O–H groups in total. The maximum absolute atomic E-state index is 12.6. The van der Waals surface area contributed by atoms with E-state index in [4.69, 9.17) is 21.9 Å². The first-order valence-corrected chi connectivity index (χ1v) is 10.5. The molecule has 1 unspecified atom stereocenters. The number of primary sulfonamides is 1. The molecule has 160 valence electrons. The van der Waals surface area contributed by atoms with Crippen LogP contribution in [0.25, 0.3) is 0 Å². The first-order valence-electron chi connectivity index (χ1n) is 8.56. The van der Waals surface area contributed by atoms with Crippen LogP contribution in [-0.4, -0.2) is 53.5 Å². The fourth-order valence-corrected chi connectivity index (χ4v) is 3.76. The van der Waals surface area contributed by atoms with E-state index in [-0.39, 0.29) is 34.6 Å². The molecule has 3 rings (SSSR count). The number of aromatic nitrogens is 2. The van der Waals surface area contributed by atoms with Crippen LogP contribution in [0.4, 0.5) is 5.69 Å². The zero-order chi connectivity index (χ0) is 22.2. The number of nitrogens with zero attached hydrogens (tertiary/aromatic N) is 3. The first kappa shape index (κ1) is 21.6. The number of rotatable bonds is 6. The number of aromatic amines is 1. The second-order valence-electron chi connectivity index (χ2n) is 6.63. The second kappa shape index (κ2) is 7.97. The van der Waals surface area contributed by atoms with E-state index in [1.54, 1.807) is 7.05 Å². The van der Waals surface area contributed by atoms with E-state index < -0.39 is 27.6 Å². The van der Waals surface area contributed by atoms with Gasteiger partial charge >= 0.3 is 11.3 Å². The van der Waals surface area contributed by atoms with Crippen molar-refractivity contribution in [2.24, 2.45) is 12.2 Å². The Balaban J connectivity index is 1.75. The van der Waals surface area contributed by atoms with E-state index >= 15 is 0 Å². The highest BCUT2D eigenvalue weighted by Gasteiger charge is 2.43. The lowest BCUT2D eigenvalue weighted by Gasteiger charge is -2.21. The Bertz CT molecular complexity index is 1170. The van der Waals surface area contributed by atoms with Gasteiger partial charge in [0.25, 0.3) is 5.91 Å². The van der Waals surface area contributed by atoms with Gasteiger partial charge < -0.3 is 10.2 Å². The van der Waals surface area contributed by atoms with Crippen LogP contribution < -0.4 is 20.8 Å². The molecule has 1 saturated heterocycles. The summed E-state index contributed by atoms with van der Waals surface area (Å²) in [5.41, 5.74) is -0.0529. The zero-order valence-electron chi connectivity index (χ0n) is 16.0. The maximum Gasteiger partial charge on any atom is 0.431 e. The van der Waals surface area contributed by atoms with Gasteiger partial charge in [0.1, 0.15) is 12.6 Å². The largest absolute Gasteiger partial charge is 0.431 e. The number of aryl methyl sites for hydroxylation is 1. The van der Waals surface area contributed by atoms with E-state index in [1.807, 2.05) is 0 Å². The molecule has 0 spiro atoms. The number of nitrogens with two attached hydrogens (primary N) is 1. The minimum absolute atomic E-state index is 0.0295. The number of hydrogen-bond acceptors (Lipinski definition) is 7. The lowest BCUT2D eigenvalue weighted by molar-refractivity contribution is -0.746.